The predicted molar refractivity (Wildman–Crippen MR) is 90.8 cm³/mol. The lowest BCUT2D eigenvalue weighted by Crippen LogP contribution is -2.34. The summed E-state index contributed by atoms with van der Waals surface area (Å²) in [4.78, 5) is 14.0. The van der Waals surface area contributed by atoms with Gasteiger partial charge in [-0.3, -0.25) is 4.79 Å². The van der Waals surface area contributed by atoms with E-state index < -0.39 is 0 Å². The number of rotatable bonds is 5. The Bertz CT molecular complexity index is 603. The lowest BCUT2D eigenvalue weighted by molar-refractivity contribution is -0.129. The van der Waals surface area contributed by atoms with Crippen LogP contribution in [0.5, 0.6) is 0 Å². The minimum absolute atomic E-state index is 0.00195. The number of hydrogen-bond donors (Lipinski definition) is 1. The van der Waals surface area contributed by atoms with Crippen LogP contribution >= 0.6 is 24.2 Å². The van der Waals surface area contributed by atoms with Crippen molar-refractivity contribution in [2.45, 2.75) is 18.2 Å². The molecular formula is C17H18ClNOS. The molecule has 0 aliphatic carbocycles. The molecule has 0 heterocycles. The van der Waals surface area contributed by atoms with Gasteiger partial charge in [0.15, 0.2) is 0 Å². The van der Waals surface area contributed by atoms with Crippen LogP contribution in [0.1, 0.15) is 11.1 Å². The number of halogens is 1. The highest BCUT2D eigenvalue weighted by Crippen LogP contribution is 2.18. The standard InChI is InChI=1S/C17H18ClNOS/c1-19(12-14-9-5-6-10-15(14)18)17(20)16(21)11-13-7-3-2-4-8-13/h2-10,16,21H,11-12H2,1H3. The Labute approximate surface area is 136 Å². The van der Waals surface area contributed by atoms with E-state index in [1.54, 1.807) is 11.9 Å². The molecule has 4 heteroatoms. The first kappa shape index (κ1) is 15.9. The average molecular weight is 320 g/mol. The second-order valence-corrected chi connectivity index (χ2v) is 6.02. The van der Waals surface area contributed by atoms with Crippen LogP contribution in [0.15, 0.2) is 54.6 Å². The van der Waals surface area contributed by atoms with E-state index in [-0.39, 0.29) is 11.2 Å². The van der Waals surface area contributed by atoms with Gasteiger partial charge in [0.05, 0.1) is 5.25 Å². The minimum atomic E-state index is -0.347. The molecule has 110 valence electrons. The molecule has 0 aromatic heterocycles. The number of benzene rings is 2. The second kappa shape index (κ2) is 7.53. The summed E-state index contributed by atoms with van der Waals surface area (Å²) >= 11 is 10.6. The molecular weight excluding hydrogens is 302 g/mol. The van der Waals surface area contributed by atoms with Crippen LogP contribution in [0.2, 0.25) is 5.02 Å². The monoisotopic (exact) mass is 319 g/mol. The molecule has 21 heavy (non-hydrogen) atoms. The van der Waals surface area contributed by atoms with Gasteiger partial charge in [0.2, 0.25) is 5.91 Å². The average Bonchev–Trinajstić information content (AvgIpc) is 2.49. The lowest BCUT2D eigenvalue weighted by atomic mass is 10.1. The summed E-state index contributed by atoms with van der Waals surface area (Å²) in [6, 6.07) is 17.5. The molecule has 0 saturated carbocycles. The van der Waals surface area contributed by atoms with Gasteiger partial charge in [-0.2, -0.15) is 12.6 Å². The third kappa shape index (κ3) is 4.51. The van der Waals surface area contributed by atoms with Gasteiger partial charge in [-0.1, -0.05) is 60.1 Å². The van der Waals surface area contributed by atoms with Crippen LogP contribution < -0.4 is 0 Å². The second-order valence-electron chi connectivity index (χ2n) is 4.99. The van der Waals surface area contributed by atoms with Crippen molar-refractivity contribution in [3.8, 4) is 0 Å². The number of thiol groups is 1. The molecule has 0 saturated heterocycles. The number of amides is 1. The molecule has 2 rings (SSSR count). The van der Waals surface area contributed by atoms with Gasteiger partial charge in [0.25, 0.3) is 0 Å². The SMILES string of the molecule is CN(Cc1ccccc1Cl)C(=O)C(S)Cc1ccccc1. The third-order valence-corrected chi connectivity index (χ3v) is 4.07. The molecule has 2 aromatic rings. The zero-order valence-corrected chi connectivity index (χ0v) is 13.5. The molecule has 0 fully saturated rings. The summed E-state index contributed by atoms with van der Waals surface area (Å²) in [5.74, 6) is 0.00195. The van der Waals surface area contributed by atoms with Crippen molar-refractivity contribution < 1.29 is 4.79 Å². The topological polar surface area (TPSA) is 20.3 Å². The normalized spacial score (nSPS) is 12.0. The number of hydrogen-bond acceptors (Lipinski definition) is 2. The highest BCUT2D eigenvalue weighted by Gasteiger charge is 2.19. The van der Waals surface area contributed by atoms with Crippen molar-refractivity contribution in [2.75, 3.05) is 7.05 Å². The fraction of sp³-hybridized carbons (Fsp3) is 0.235. The summed E-state index contributed by atoms with van der Waals surface area (Å²) in [5.41, 5.74) is 2.05. The first-order chi connectivity index (χ1) is 10.1. The Morgan fingerprint density at radius 2 is 1.76 bits per heavy atom. The molecule has 0 radical (unpaired) electrons. The molecule has 0 aliphatic heterocycles. The number of carbonyl (C=O) groups is 1. The highest BCUT2D eigenvalue weighted by atomic mass is 35.5. The molecule has 0 N–H and O–H groups in total. The van der Waals surface area contributed by atoms with Gasteiger partial charge in [-0.05, 0) is 23.6 Å². The van der Waals surface area contributed by atoms with E-state index in [2.05, 4.69) is 12.6 Å². The third-order valence-electron chi connectivity index (χ3n) is 3.30. The largest absolute Gasteiger partial charge is 0.340 e. The first-order valence-electron chi connectivity index (χ1n) is 6.78. The highest BCUT2D eigenvalue weighted by molar-refractivity contribution is 7.81. The molecule has 1 atom stereocenters. The summed E-state index contributed by atoms with van der Waals surface area (Å²) in [5, 5.41) is 0.329. The lowest BCUT2D eigenvalue weighted by Gasteiger charge is -2.21. The van der Waals surface area contributed by atoms with Crippen molar-refractivity contribution in [3.05, 3.63) is 70.7 Å². The Morgan fingerprint density at radius 1 is 1.14 bits per heavy atom. The fourth-order valence-electron chi connectivity index (χ4n) is 2.14. The van der Waals surface area contributed by atoms with E-state index in [0.29, 0.717) is 18.0 Å². The van der Waals surface area contributed by atoms with Crippen molar-refractivity contribution in [1.29, 1.82) is 0 Å². The van der Waals surface area contributed by atoms with Crippen LogP contribution in [-0.2, 0) is 17.8 Å². The fourth-order valence-corrected chi connectivity index (χ4v) is 2.74. The zero-order valence-electron chi connectivity index (χ0n) is 11.9. The van der Waals surface area contributed by atoms with Crippen LogP contribution in [0.25, 0.3) is 0 Å². The van der Waals surface area contributed by atoms with E-state index in [9.17, 15) is 4.79 Å². The van der Waals surface area contributed by atoms with Gasteiger partial charge >= 0.3 is 0 Å². The Morgan fingerprint density at radius 3 is 2.43 bits per heavy atom. The maximum Gasteiger partial charge on any atom is 0.235 e. The Hall–Kier alpha value is -1.45. The smallest absolute Gasteiger partial charge is 0.235 e. The summed E-state index contributed by atoms with van der Waals surface area (Å²) in [6.45, 7) is 0.490. The van der Waals surface area contributed by atoms with Gasteiger partial charge in [0.1, 0.15) is 0 Å². The maximum absolute atomic E-state index is 12.4. The predicted octanol–water partition coefficient (Wildman–Crippen LogP) is 3.84. The number of carbonyl (C=O) groups excluding carboxylic acids is 1. The first-order valence-corrected chi connectivity index (χ1v) is 7.67. The van der Waals surface area contributed by atoms with Crippen molar-refractivity contribution in [3.63, 3.8) is 0 Å². The van der Waals surface area contributed by atoms with Gasteiger partial charge in [-0.25, -0.2) is 0 Å². The van der Waals surface area contributed by atoms with Gasteiger partial charge in [0, 0.05) is 18.6 Å². The van der Waals surface area contributed by atoms with Crippen LogP contribution in [0.4, 0.5) is 0 Å². The van der Waals surface area contributed by atoms with Crippen LogP contribution in [0, 0.1) is 0 Å². The maximum atomic E-state index is 12.4. The summed E-state index contributed by atoms with van der Waals surface area (Å²) < 4.78 is 0. The molecule has 2 nitrogen and oxygen atoms in total. The minimum Gasteiger partial charge on any atom is -0.340 e. The quantitative estimate of drug-likeness (QED) is 0.830. The summed E-state index contributed by atoms with van der Waals surface area (Å²) in [7, 11) is 1.78. The molecule has 0 bridgehead atoms. The van der Waals surface area contributed by atoms with Crippen molar-refractivity contribution in [1.82, 2.24) is 4.90 Å². The van der Waals surface area contributed by atoms with Crippen molar-refractivity contribution in [2.24, 2.45) is 0 Å². The zero-order chi connectivity index (χ0) is 15.2. The van der Waals surface area contributed by atoms with E-state index in [1.165, 1.54) is 0 Å². The Kier molecular flexibility index (Phi) is 5.71. The molecule has 0 spiro atoms. The Balaban J connectivity index is 1.97. The molecule has 2 aromatic carbocycles. The van der Waals surface area contributed by atoms with E-state index in [1.807, 2.05) is 54.6 Å². The molecule has 1 amide bonds. The molecule has 0 aliphatic rings. The summed E-state index contributed by atoms with van der Waals surface area (Å²) in [6.07, 6.45) is 0.621. The number of nitrogens with zero attached hydrogens (tertiary/aromatic N) is 1. The van der Waals surface area contributed by atoms with E-state index in [0.717, 1.165) is 11.1 Å². The van der Waals surface area contributed by atoms with Gasteiger partial charge < -0.3 is 4.90 Å². The van der Waals surface area contributed by atoms with E-state index >= 15 is 0 Å². The van der Waals surface area contributed by atoms with E-state index in [4.69, 9.17) is 11.6 Å². The van der Waals surface area contributed by atoms with Crippen molar-refractivity contribution >= 4 is 30.1 Å². The van der Waals surface area contributed by atoms with Crippen LogP contribution in [-0.4, -0.2) is 23.1 Å². The van der Waals surface area contributed by atoms with Crippen LogP contribution in [0.3, 0.4) is 0 Å². The van der Waals surface area contributed by atoms with Gasteiger partial charge in [-0.15, -0.1) is 0 Å². The molecule has 1 unspecified atom stereocenters.